The van der Waals surface area contributed by atoms with Crippen molar-refractivity contribution in [3.05, 3.63) is 53.9 Å². The average molecular weight is 354 g/mol. The molecule has 1 saturated heterocycles. The van der Waals surface area contributed by atoms with E-state index in [9.17, 15) is 0 Å². The fourth-order valence-electron chi connectivity index (χ4n) is 3.90. The number of piperidine rings is 1. The Hall–Kier alpha value is -2.30. The maximum absolute atomic E-state index is 4.50. The molecule has 1 aliphatic rings. The lowest BCUT2D eigenvalue weighted by molar-refractivity contribution is 0.234. The fourth-order valence-corrected chi connectivity index (χ4v) is 3.90. The molecule has 2 atom stereocenters. The molecule has 1 aromatic carbocycles. The van der Waals surface area contributed by atoms with Gasteiger partial charge in [-0.3, -0.25) is 9.67 Å². The molecule has 2 unspecified atom stereocenters. The maximum atomic E-state index is 4.50. The lowest BCUT2D eigenvalue weighted by atomic mass is 9.82. The minimum atomic E-state index is 0.622. The number of benzene rings is 1. The fraction of sp³-hybridized carbons (Fsp3) is 0.524. The number of guanidine groups is 1. The molecule has 26 heavy (non-hydrogen) atoms. The van der Waals surface area contributed by atoms with E-state index in [1.807, 2.05) is 17.9 Å². The van der Waals surface area contributed by atoms with E-state index in [1.165, 1.54) is 17.5 Å². The Bertz CT molecular complexity index is 706. The van der Waals surface area contributed by atoms with E-state index >= 15 is 0 Å². The third-order valence-electron chi connectivity index (χ3n) is 5.25. The highest BCUT2D eigenvalue weighted by atomic mass is 15.3. The summed E-state index contributed by atoms with van der Waals surface area (Å²) < 4.78 is 2.01. The van der Waals surface area contributed by atoms with Crippen LogP contribution in [0.2, 0.25) is 0 Å². The smallest absolute Gasteiger partial charge is 0.193 e. The highest BCUT2D eigenvalue weighted by molar-refractivity contribution is 5.80. The molecule has 3 rings (SSSR count). The average Bonchev–Trinajstić information content (AvgIpc) is 3.07. The van der Waals surface area contributed by atoms with Crippen LogP contribution in [-0.4, -0.2) is 47.3 Å². The van der Waals surface area contributed by atoms with E-state index in [0.717, 1.165) is 38.6 Å². The van der Waals surface area contributed by atoms with E-state index in [1.54, 1.807) is 0 Å². The summed E-state index contributed by atoms with van der Waals surface area (Å²) in [6, 6.07) is 10.9. The van der Waals surface area contributed by atoms with Crippen molar-refractivity contribution in [3.63, 3.8) is 0 Å². The normalized spacial score (nSPS) is 21.0. The molecule has 5 nitrogen and oxygen atoms in total. The standard InChI is InChI=1S/C21H31N5/c1-17-14-24-26(15-17)12-7-11-23-21(22-3)25-13-10-20(18(2)16-25)19-8-5-4-6-9-19/h4-6,8-9,14-15,18,20H,7,10-13,16H2,1-3H3,(H,22,23). The number of hydrogen-bond acceptors (Lipinski definition) is 2. The van der Waals surface area contributed by atoms with Crippen LogP contribution in [0.4, 0.5) is 0 Å². The van der Waals surface area contributed by atoms with E-state index in [2.05, 4.69) is 70.7 Å². The van der Waals surface area contributed by atoms with E-state index in [0.29, 0.717) is 11.8 Å². The van der Waals surface area contributed by atoms with Crippen LogP contribution >= 0.6 is 0 Å². The zero-order valence-corrected chi connectivity index (χ0v) is 16.2. The Kier molecular flexibility index (Phi) is 6.31. The monoisotopic (exact) mass is 353 g/mol. The molecule has 1 aliphatic heterocycles. The summed E-state index contributed by atoms with van der Waals surface area (Å²) in [7, 11) is 1.88. The number of rotatable bonds is 5. The topological polar surface area (TPSA) is 45.5 Å². The molecule has 0 radical (unpaired) electrons. The van der Waals surface area contributed by atoms with Crippen LogP contribution in [0.3, 0.4) is 0 Å². The highest BCUT2D eigenvalue weighted by Gasteiger charge is 2.28. The van der Waals surface area contributed by atoms with Gasteiger partial charge in [0.25, 0.3) is 0 Å². The SMILES string of the molecule is CN=C(NCCCn1cc(C)cn1)N1CCC(c2ccccc2)C(C)C1. The second-order valence-electron chi connectivity index (χ2n) is 7.34. The molecule has 1 fully saturated rings. The first kappa shape index (κ1) is 18.5. The first-order valence-electron chi connectivity index (χ1n) is 9.67. The van der Waals surface area contributed by atoms with Gasteiger partial charge in [0.05, 0.1) is 6.20 Å². The third kappa shape index (κ3) is 4.65. The Morgan fingerprint density at radius 2 is 2.12 bits per heavy atom. The van der Waals surface area contributed by atoms with Crippen molar-refractivity contribution in [2.75, 3.05) is 26.7 Å². The van der Waals surface area contributed by atoms with Gasteiger partial charge in [0.1, 0.15) is 0 Å². The van der Waals surface area contributed by atoms with Crippen LogP contribution in [-0.2, 0) is 6.54 Å². The first-order chi connectivity index (χ1) is 12.7. The van der Waals surface area contributed by atoms with Crippen LogP contribution in [0, 0.1) is 12.8 Å². The van der Waals surface area contributed by atoms with E-state index in [4.69, 9.17) is 0 Å². The van der Waals surface area contributed by atoms with Gasteiger partial charge in [0.15, 0.2) is 5.96 Å². The second-order valence-corrected chi connectivity index (χ2v) is 7.34. The summed E-state index contributed by atoms with van der Waals surface area (Å²) in [6.07, 6.45) is 6.21. The predicted octanol–water partition coefficient (Wildman–Crippen LogP) is 3.28. The van der Waals surface area contributed by atoms with Crippen molar-refractivity contribution in [3.8, 4) is 0 Å². The van der Waals surface area contributed by atoms with Gasteiger partial charge in [-0.1, -0.05) is 37.3 Å². The Morgan fingerprint density at radius 1 is 1.31 bits per heavy atom. The molecule has 0 spiro atoms. The van der Waals surface area contributed by atoms with E-state index in [-0.39, 0.29) is 0 Å². The van der Waals surface area contributed by atoms with Crippen LogP contribution in [0.15, 0.2) is 47.7 Å². The maximum Gasteiger partial charge on any atom is 0.193 e. The van der Waals surface area contributed by atoms with Crippen LogP contribution in [0.1, 0.15) is 36.8 Å². The number of nitrogens with zero attached hydrogens (tertiary/aromatic N) is 4. The van der Waals surface area contributed by atoms with Crippen molar-refractivity contribution in [1.29, 1.82) is 0 Å². The number of hydrogen-bond donors (Lipinski definition) is 1. The molecule has 2 aromatic rings. The minimum absolute atomic E-state index is 0.622. The Morgan fingerprint density at radius 3 is 2.77 bits per heavy atom. The van der Waals surface area contributed by atoms with Gasteiger partial charge in [-0.05, 0) is 42.7 Å². The number of likely N-dealkylation sites (tertiary alicyclic amines) is 1. The van der Waals surface area contributed by atoms with Crippen molar-refractivity contribution < 1.29 is 0 Å². The van der Waals surface area contributed by atoms with Gasteiger partial charge < -0.3 is 10.2 Å². The summed E-state index contributed by atoms with van der Waals surface area (Å²) in [4.78, 5) is 6.91. The summed E-state index contributed by atoms with van der Waals surface area (Å²) in [5.41, 5.74) is 2.68. The zero-order chi connectivity index (χ0) is 18.4. The number of aryl methyl sites for hydroxylation is 2. The summed E-state index contributed by atoms with van der Waals surface area (Å²) >= 11 is 0. The van der Waals surface area contributed by atoms with Crippen molar-refractivity contribution >= 4 is 5.96 Å². The van der Waals surface area contributed by atoms with Crippen molar-refractivity contribution in [2.45, 2.75) is 39.2 Å². The lowest BCUT2D eigenvalue weighted by Gasteiger charge is -2.39. The van der Waals surface area contributed by atoms with Gasteiger partial charge in [-0.15, -0.1) is 0 Å². The van der Waals surface area contributed by atoms with Crippen LogP contribution in [0.25, 0.3) is 0 Å². The quantitative estimate of drug-likeness (QED) is 0.510. The first-order valence-corrected chi connectivity index (χ1v) is 9.67. The van der Waals surface area contributed by atoms with Gasteiger partial charge in [0, 0.05) is 39.4 Å². The molecule has 5 heteroatoms. The Labute approximate surface area is 157 Å². The molecule has 2 heterocycles. The minimum Gasteiger partial charge on any atom is -0.356 e. The third-order valence-corrected chi connectivity index (χ3v) is 5.25. The van der Waals surface area contributed by atoms with Gasteiger partial charge >= 0.3 is 0 Å². The molecule has 0 amide bonds. The van der Waals surface area contributed by atoms with Gasteiger partial charge in [0.2, 0.25) is 0 Å². The molecule has 1 N–H and O–H groups in total. The summed E-state index contributed by atoms with van der Waals surface area (Å²) in [5.74, 6) is 2.30. The Balaban J connectivity index is 1.47. The van der Waals surface area contributed by atoms with Crippen molar-refractivity contribution in [2.24, 2.45) is 10.9 Å². The number of aromatic nitrogens is 2. The molecule has 0 aliphatic carbocycles. The number of aliphatic imine (C=N–C) groups is 1. The molecular weight excluding hydrogens is 322 g/mol. The van der Waals surface area contributed by atoms with Crippen LogP contribution in [0.5, 0.6) is 0 Å². The van der Waals surface area contributed by atoms with Gasteiger partial charge in [-0.2, -0.15) is 5.10 Å². The largest absolute Gasteiger partial charge is 0.356 e. The van der Waals surface area contributed by atoms with E-state index < -0.39 is 0 Å². The second kappa shape index (κ2) is 8.88. The zero-order valence-electron chi connectivity index (χ0n) is 16.2. The summed E-state index contributed by atoms with van der Waals surface area (Å²) in [5, 5.41) is 7.86. The van der Waals surface area contributed by atoms with Gasteiger partial charge in [-0.25, -0.2) is 0 Å². The van der Waals surface area contributed by atoms with Crippen LogP contribution < -0.4 is 5.32 Å². The molecule has 1 aromatic heterocycles. The number of nitrogens with one attached hydrogen (secondary N) is 1. The molecule has 140 valence electrons. The molecule has 0 bridgehead atoms. The lowest BCUT2D eigenvalue weighted by Crippen LogP contribution is -2.48. The molecular formula is C21H31N5. The molecule has 0 saturated carbocycles. The summed E-state index contributed by atoms with van der Waals surface area (Å²) in [6.45, 7) is 8.39. The highest BCUT2D eigenvalue weighted by Crippen LogP contribution is 2.32. The van der Waals surface area contributed by atoms with Crippen molar-refractivity contribution in [1.82, 2.24) is 20.0 Å². The predicted molar refractivity (Wildman–Crippen MR) is 107 cm³/mol.